The Balaban J connectivity index is 1.60. The molecule has 14 heavy (non-hydrogen) atoms. The van der Waals surface area contributed by atoms with Gasteiger partial charge in [-0.25, -0.2) is 0 Å². The van der Waals surface area contributed by atoms with Gasteiger partial charge in [0.25, 0.3) is 0 Å². The number of hydrogen-bond donors (Lipinski definition) is 1. The summed E-state index contributed by atoms with van der Waals surface area (Å²) >= 11 is 1.24. The Morgan fingerprint density at radius 2 is 2.14 bits per heavy atom. The number of hydrogen-bond acceptors (Lipinski definition) is 1. The number of fused-ring (bicyclic) bond motifs is 1. The second-order valence-corrected chi connectivity index (χ2v) is 43.8. The van der Waals surface area contributed by atoms with E-state index >= 15 is 0 Å². The molecule has 3 fully saturated rings. The number of halogens is 3. The molecule has 2 saturated carbocycles. The monoisotopic (exact) mass is 533 g/mol. The summed E-state index contributed by atoms with van der Waals surface area (Å²) in [5, 5.41) is 0. The molecule has 2 aliphatic carbocycles. The number of alkyl halides is 3. The van der Waals surface area contributed by atoms with E-state index in [2.05, 4.69) is 6.92 Å². The van der Waals surface area contributed by atoms with Crippen molar-refractivity contribution in [2.75, 3.05) is 2.43 Å². The Bertz CT molecular complexity index is 231. The van der Waals surface area contributed by atoms with Gasteiger partial charge >= 0.3 is 108 Å². The van der Waals surface area contributed by atoms with Crippen molar-refractivity contribution < 1.29 is 34.5 Å². The zero-order valence-corrected chi connectivity index (χ0v) is 14.9. The van der Waals surface area contributed by atoms with Crippen molar-refractivity contribution in [1.82, 2.24) is 0 Å². The molecule has 1 aliphatic heterocycles. The van der Waals surface area contributed by atoms with Crippen LogP contribution in [0.3, 0.4) is 0 Å². The molecule has 2 N–H and O–H groups in total. The van der Waals surface area contributed by atoms with Gasteiger partial charge in [-0.15, -0.1) is 0 Å². The number of nitrogens with two attached hydrogens (primary N) is 1. The van der Waals surface area contributed by atoms with Gasteiger partial charge in [-0.05, 0) is 0 Å². The Kier molecular flexibility index (Phi) is 3.57. The van der Waals surface area contributed by atoms with E-state index in [1.165, 1.54) is 19.3 Å². The maximum atomic E-state index is 6.47. The van der Waals surface area contributed by atoms with Crippen molar-refractivity contribution in [1.29, 1.82) is 0 Å². The molecule has 0 aromatic heterocycles. The summed E-state index contributed by atoms with van der Waals surface area (Å²) in [6.45, 7) is 2.49. The molecule has 1 nitrogen and oxygen atoms in total. The van der Waals surface area contributed by atoms with Gasteiger partial charge < -0.3 is 0 Å². The van der Waals surface area contributed by atoms with Crippen LogP contribution in [-0.2, 0) is 0 Å². The van der Waals surface area contributed by atoms with Crippen molar-refractivity contribution in [2.24, 2.45) is 29.4 Å². The SMILES string of the molecule is C[C@H]1C2CCCC2[C@@H]1[C@H](N)[I-]I1C[I+]1. The van der Waals surface area contributed by atoms with Gasteiger partial charge in [0.2, 0.25) is 0 Å². The van der Waals surface area contributed by atoms with E-state index in [1.54, 1.807) is 2.43 Å². The third kappa shape index (κ3) is 1.98. The molecule has 2 unspecified atom stereocenters. The van der Waals surface area contributed by atoms with E-state index in [0.717, 1.165) is 45.0 Å². The first-order chi connectivity index (χ1) is 6.77. The molecule has 0 radical (unpaired) electrons. The summed E-state index contributed by atoms with van der Waals surface area (Å²) in [7, 11) is 0. The molecule has 3 rings (SSSR count). The molecule has 0 aromatic rings. The Morgan fingerprint density at radius 3 is 2.86 bits per heavy atom. The first-order valence-corrected chi connectivity index (χ1v) is 22.3. The minimum absolute atomic E-state index is 0.141. The van der Waals surface area contributed by atoms with Crippen LogP contribution < -0.4 is 40.2 Å². The molecule has 0 amide bonds. The zero-order chi connectivity index (χ0) is 9.71. The molecule has 1 heterocycles. The average Bonchev–Trinajstić information content (AvgIpc) is 2.83. The average molecular weight is 533 g/mol. The first-order valence-electron chi connectivity index (χ1n) is 5.43. The summed E-state index contributed by atoms with van der Waals surface area (Å²) < 4.78 is 2.52. The van der Waals surface area contributed by atoms with Crippen LogP contribution in [-0.4, -0.2) is 6.48 Å². The van der Waals surface area contributed by atoms with Crippen LogP contribution in [0.4, 0.5) is 0 Å². The molecule has 1 saturated heterocycles. The van der Waals surface area contributed by atoms with Crippen molar-refractivity contribution >= 4 is 11.9 Å². The van der Waals surface area contributed by atoms with Crippen LogP contribution in [0, 0.1) is 23.7 Å². The quantitative estimate of drug-likeness (QED) is 0.227. The van der Waals surface area contributed by atoms with Crippen LogP contribution >= 0.6 is 11.9 Å². The van der Waals surface area contributed by atoms with Gasteiger partial charge in [0, 0.05) is 0 Å². The molecule has 3 aliphatic rings. The third-order valence-electron chi connectivity index (χ3n) is 4.13. The predicted molar refractivity (Wildman–Crippen MR) is 60.3 cm³/mol. The molecular weight excluding hydrogens is 515 g/mol. The second-order valence-electron chi connectivity index (χ2n) is 4.68. The van der Waals surface area contributed by atoms with Gasteiger partial charge in [0.1, 0.15) is 0 Å². The summed E-state index contributed by atoms with van der Waals surface area (Å²) in [6, 6.07) is 0. The fourth-order valence-electron chi connectivity index (χ4n) is 3.42. The topological polar surface area (TPSA) is 26.0 Å². The summed E-state index contributed by atoms with van der Waals surface area (Å²) in [4.78, 5) is 0. The van der Waals surface area contributed by atoms with E-state index in [1.807, 2.05) is 0 Å². The van der Waals surface area contributed by atoms with Crippen molar-refractivity contribution in [3.63, 3.8) is 0 Å². The van der Waals surface area contributed by atoms with Crippen LogP contribution in [0.25, 0.3) is 0 Å². The Labute approximate surface area is 107 Å². The van der Waals surface area contributed by atoms with Gasteiger partial charge in [-0.2, -0.15) is 0 Å². The first kappa shape index (κ1) is 11.3. The number of rotatable bonds is 3. The maximum absolute atomic E-state index is 6.47. The minimum atomic E-state index is -0.141. The van der Waals surface area contributed by atoms with Gasteiger partial charge in [0.05, 0.1) is 0 Å². The normalized spacial score (nSPS) is 50.0. The molecule has 0 bridgehead atoms. The van der Waals surface area contributed by atoms with E-state index in [0.29, 0.717) is 17.2 Å². The fraction of sp³-hybridized carbons (Fsp3) is 1.00. The van der Waals surface area contributed by atoms with Gasteiger partial charge in [-0.1, -0.05) is 0 Å². The molecule has 4 heteroatoms. The van der Waals surface area contributed by atoms with E-state index in [-0.39, 0.29) is 11.9 Å². The Morgan fingerprint density at radius 1 is 1.43 bits per heavy atom. The van der Waals surface area contributed by atoms with E-state index in [9.17, 15) is 0 Å². The summed E-state index contributed by atoms with van der Waals surface area (Å²) in [5.74, 6) is 4.20. The molecule has 5 atom stereocenters. The van der Waals surface area contributed by atoms with Gasteiger partial charge in [0.15, 0.2) is 0 Å². The van der Waals surface area contributed by atoms with Gasteiger partial charge in [-0.3, -0.25) is 0 Å². The third-order valence-corrected chi connectivity index (χ3v) is 48.5. The van der Waals surface area contributed by atoms with Crippen LogP contribution in [0.5, 0.6) is 0 Å². The zero-order valence-electron chi connectivity index (χ0n) is 8.43. The van der Waals surface area contributed by atoms with Crippen LogP contribution in [0.15, 0.2) is 0 Å². The molecule has 84 valence electrons. The summed E-state index contributed by atoms with van der Waals surface area (Å²) in [5.41, 5.74) is 6.47. The van der Waals surface area contributed by atoms with Crippen LogP contribution in [0.2, 0.25) is 0 Å². The Hall–Kier alpha value is 2.15. The summed E-state index contributed by atoms with van der Waals surface area (Å²) in [6.07, 6.45) is 4.57. The molecular formula is C10H18I3N. The predicted octanol–water partition coefficient (Wildman–Crippen LogP) is -3.56. The van der Waals surface area contributed by atoms with E-state index in [4.69, 9.17) is 5.73 Å². The standard InChI is InChI=1S/C10H18I3N/c1-6-7-3-2-4-8(7)9(6)10(14)12-13-5-11-13/h6-10H,2-5,14H2,1H3/t6-,7?,8?,9+,10-/m0/s1. The molecule has 0 spiro atoms. The van der Waals surface area contributed by atoms with E-state index < -0.39 is 0 Å². The molecule has 0 aromatic carbocycles. The van der Waals surface area contributed by atoms with Crippen molar-refractivity contribution in [3.8, 4) is 0 Å². The second kappa shape index (κ2) is 4.44. The van der Waals surface area contributed by atoms with Crippen LogP contribution in [0.1, 0.15) is 26.2 Å². The fourth-order valence-corrected chi connectivity index (χ4v) is 63.3. The van der Waals surface area contributed by atoms with Crippen molar-refractivity contribution in [2.45, 2.75) is 30.2 Å². The van der Waals surface area contributed by atoms with Crippen molar-refractivity contribution in [3.05, 3.63) is 0 Å².